The molecule has 0 saturated carbocycles. The van der Waals surface area contributed by atoms with Crippen LogP contribution in [0.2, 0.25) is 5.02 Å². The lowest BCUT2D eigenvalue weighted by Crippen LogP contribution is -1.95. The molecule has 0 heterocycles. The molecule has 0 fully saturated rings. The molecule has 0 atom stereocenters. The number of aryl methyl sites for hydroxylation is 1. The molecular formula is C13H10BrClFNO. The summed E-state index contributed by atoms with van der Waals surface area (Å²) in [6.45, 7) is 1.89. The molecule has 0 aliphatic carbocycles. The molecule has 2 aromatic carbocycles. The molecule has 0 aromatic heterocycles. The molecule has 0 radical (unpaired) electrons. The smallest absolute Gasteiger partial charge is 0.153 e. The predicted molar refractivity (Wildman–Crippen MR) is 74.8 cm³/mol. The van der Waals surface area contributed by atoms with Crippen LogP contribution in [0, 0.1) is 12.7 Å². The Morgan fingerprint density at radius 3 is 2.61 bits per heavy atom. The van der Waals surface area contributed by atoms with Crippen molar-refractivity contribution in [2.24, 2.45) is 0 Å². The molecule has 0 aliphatic heterocycles. The van der Waals surface area contributed by atoms with E-state index in [1.807, 2.05) is 19.1 Å². The summed E-state index contributed by atoms with van der Waals surface area (Å²) in [6.07, 6.45) is 0. The molecule has 2 N–H and O–H groups in total. The van der Waals surface area contributed by atoms with Crippen LogP contribution >= 0.6 is 27.5 Å². The number of hydrogen-bond acceptors (Lipinski definition) is 2. The van der Waals surface area contributed by atoms with Gasteiger partial charge in [-0.05, 0) is 36.8 Å². The number of nitrogens with two attached hydrogens (primary N) is 1. The Bertz CT molecular complexity index is 604. The first-order valence-electron chi connectivity index (χ1n) is 5.16. The van der Waals surface area contributed by atoms with Gasteiger partial charge >= 0.3 is 0 Å². The van der Waals surface area contributed by atoms with Gasteiger partial charge in [-0.15, -0.1) is 0 Å². The Labute approximate surface area is 118 Å². The number of hydrogen-bond donors (Lipinski definition) is 1. The van der Waals surface area contributed by atoms with E-state index in [0.29, 0.717) is 11.4 Å². The number of rotatable bonds is 2. The maximum absolute atomic E-state index is 13.4. The van der Waals surface area contributed by atoms with E-state index in [1.165, 1.54) is 12.1 Å². The van der Waals surface area contributed by atoms with Crippen molar-refractivity contribution >= 4 is 33.2 Å². The molecule has 0 amide bonds. The second-order valence-electron chi connectivity index (χ2n) is 3.82. The van der Waals surface area contributed by atoms with Gasteiger partial charge in [0.2, 0.25) is 0 Å². The number of anilines is 1. The highest BCUT2D eigenvalue weighted by molar-refractivity contribution is 9.10. The normalized spacial score (nSPS) is 10.4. The second kappa shape index (κ2) is 5.16. The molecular weight excluding hydrogens is 321 g/mol. The summed E-state index contributed by atoms with van der Waals surface area (Å²) in [4.78, 5) is 0. The van der Waals surface area contributed by atoms with Crippen LogP contribution < -0.4 is 10.5 Å². The number of benzene rings is 2. The molecule has 0 unspecified atom stereocenters. The van der Waals surface area contributed by atoms with Gasteiger partial charge in [0.15, 0.2) is 5.75 Å². The average molecular weight is 331 g/mol. The fraction of sp³-hybridized carbons (Fsp3) is 0.0769. The highest BCUT2D eigenvalue weighted by atomic mass is 79.9. The van der Waals surface area contributed by atoms with E-state index in [2.05, 4.69) is 15.9 Å². The summed E-state index contributed by atoms with van der Waals surface area (Å²) in [5, 5.41) is -0.0209. The van der Waals surface area contributed by atoms with Crippen LogP contribution in [0.25, 0.3) is 0 Å². The number of halogens is 3. The van der Waals surface area contributed by atoms with Crippen molar-refractivity contribution in [3.8, 4) is 11.5 Å². The largest absolute Gasteiger partial charge is 0.455 e. The third kappa shape index (κ3) is 2.76. The summed E-state index contributed by atoms with van der Waals surface area (Å²) in [5.41, 5.74) is 6.94. The summed E-state index contributed by atoms with van der Waals surface area (Å²) < 4.78 is 19.9. The maximum atomic E-state index is 13.4. The third-order valence-electron chi connectivity index (χ3n) is 2.41. The Morgan fingerprint density at radius 1 is 1.22 bits per heavy atom. The van der Waals surface area contributed by atoms with Gasteiger partial charge in [0.1, 0.15) is 11.6 Å². The molecule has 2 aromatic rings. The summed E-state index contributed by atoms with van der Waals surface area (Å²) in [5.74, 6) is 0.310. The van der Waals surface area contributed by atoms with Crippen molar-refractivity contribution in [3.05, 3.63) is 51.2 Å². The van der Waals surface area contributed by atoms with E-state index >= 15 is 0 Å². The molecule has 5 heteroatoms. The molecule has 0 bridgehead atoms. The van der Waals surface area contributed by atoms with Crippen LogP contribution in [0.15, 0.2) is 34.8 Å². The van der Waals surface area contributed by atoms with Gasteiger partial charge in [-0.25, -0.2) is 4.39 Å². The summed E-state index contributed by atoms with van der Waals surface area (Å²) in [7, 11) is 0. The zero-order valence-electron chi connectivity index (χ0n) is 9.51. The average Bonchev–Trinajstić information content (AvgIpc) is 2.29. The number of nitrogen functional groups attached to an aromatic ring is 1. The molecule has 2 nitrogen and oxygen atoms in total. The fourth-order valence-electron chi connectivity index (χ4n) is 1.48. The summed E-state index contributed by atoms with van der Waals surface area (Å²) in [6, 6.07) is 8.04. The van der Waals surface area contributed by atoms with Crippen LogP contribution in [-0.2, 0) is 0 Å². The molecule has 0 spiro atoms. The van der Waals surface area contributed by atoms with Crippen molar-refractivity contribution in [1.82, 2.24) is 0 Å². The van der Waals surface area contributed by atoms with Crippen LogP contribution in [0.4, 0.5) is 10.1 Å². The first kappa shape index (κ1) is 13.2. The van der Waals surface area contributed by atoms with Crippen LogP contribution in [0.3, 0.4) is 0 Å². The predicted octanol–water partition coefficient (Wildman–Crippen LogP) is 4.92. The highest BCUT2D eigenvalue weighted by Crippen LogP contribution is 2.33. The van der Waals surface area contributed by atoms with E-state index in [0.717, 1.165) is 10.0 Å². The van der Waals surface area contributed by atoms with Crippen molar-refractivity contribution in [3.63, 3.8) is 0 Å². The molecule has 18 heavy (non-hydrogen) atoms. The van der Waals surface area contributed by atoms with E-state index in [-0.39, 0.29) is 10.8 Å². The zero-order valence-corrected chi connectivity index (χ0v) is 11.8. The van der Waals surface area contributed by atoms with E-state index in [4.69, 9.17) is 22.1 Å². The van der Waals surface area contributed by atoms with Crippen molar-refractivity contribution < 1.29 is 9.13 Å². The molecule has 94 valence electrons. The van der Waals surface area contributed by atoms with Gasteiger partial charge in [0, 0.05) is 10.5 Å². The first-order chi connectivity index (χ1) is 8.47. The fourth-order valence-corrected chi connectivity index (χ4v) is 2.13. The topological polar surface area (TPSA) is 35.2 Å². The Kier molecular flexibility index (Phi) is 3.78. The lowest BCUT2D eigenvalue weighted by atomic mass is 10.2. The van der Waals surface area contributed by atoms with Gasteiger partial charge < -0.3 is 10.5 Å². The van der Waals surface area contributed by atoms with E-state index < -0.39 is 5.82 Å². The van der Waals surface area contributed by atoms with Gasteiger partial charge in [-0.2, -0.15) is 0 Å². The zero-order chi connectivity index (χ0) is 13.3. The molecule has 0 aliphatic rings. The van der Waals surface area contributed by atoms with Crippen molar-refractivity contribution in [2.75, 3.05) is 5.73 Å². The van der Waals surface area contributed by atoms with Gasteiger partial charge in [-0.1, -0.05) is 27.5 Å². The lowest BCUT2D eigenvalue weighted by molar-refractivity contribution is 0.475. The van der Waals surface area contributed by atoms with E-state index in [1.54, 1.807) is 6.07 Å². The van der Waals surface area contributed by atoms with E-state index in [9.17, 15) is 4.39 Å². The summed E-state index contributed by atoms with van der Waals surface area (Å²) >= 11 is 8.98. The standard InChI is InChI=1S/C13H10BrClFNO/c1-7-4-8(14)2-3-12(7)18-13-6-10(16)9(15)5-11(13)17/h2-6H,17H2,1H3. The minimum Gasteiger partial charge on any atom is -0.455 e. The van der Waals surface area contributed by atoms with Gasteiger partial charge in [0.05, 0.1) is 10.7 Å². The molecule has 2 rings (SSSR count). The van der Waals surface area contributed by atoms with Gasteiger partial charge in [-0.3, -0.25) is 0 Å². The van der Waals surface area contributed by atoms with Crippen molar-refractivity contribution in [1.29, 1.82) is 0 Å². The van der Waals surface area contributed by atoms with Crippen LogP contribution in [-0.4, -0.2) is 0 Å². The maximum Gasteiger partial charge on any atom is 0.153 e. The van der Waals surface area contributed by atoms with Gasteiger partial charge in [0.25, 0.3) is 0 Å². The first-order valence-corrected chi connectivity index (χ1v) is 6.33. The monoisotopic (exact) mass is 329 g/mol. The SMILES string of the molecule is Cc1cc(Br)ccc1Oc1cc(F)c(Cl)cc1N. The van der Waals surface area contributed by atoms with Crippen LogP contribution in [0.5, 0.6) is 11.5 Å². The minimum atomic E-state index is -0.560. The second-order valence-corrected chi connectivity index (χ2v) is 5.14. The molecule has 0 saturated heterocycles. The van der Waals surface area contributed by atoms with Crippen LogP contribution in [0.1, 0.15) is 5.56 Å². The lowest BCUT2D eigenvalue weighted by Gasteiger charge is -2.11. The minimum absolute atomic E-state index is 0.0209. The quantitative estimate of drug-likeness (QED) is 0.793. The Morgan fingerprint density at radius 2 is 1.94 bits per heavy atom. The highest BCUT2D eigenvalue weighted by Gasteiger charge is 2.09. The Hall–Kier alpha value is -1.26. The van der Waals surface area contributed by atoms with Crippen molar-refractivity contribution in [2.45, 2.75) is 6.92 Å². The number of ether oxygens (including phenoxy) is 1. The third-order valence-corrected chi connectivity index (χ3v) is 3.19. The Balaban J connectivity index is 2.37.